The number of carbonyl (C=O) groups excluding carboxylic acids is 1. The summed E-state index contributed by atoms with van der Waals surface area (Å²) in [5, 5.41) is 3.01. The molecule has 4 nitrogen and oxygen atoms in total. The fourth-order valence-electron chi connectivity index (χ4n) is 2.22. The van der Waals surface area contributed by atoms with Crippen molar-refractivity contribution >= 4 is 21.8 Å². The van der Waals surface area contributed by atoms with Crippen LogP contribution in [0, 0.1) is 0 Å². The Morgan fingerprint density at radius 3 is 2.65 bits per heavy atom. The second-order valence-corrected chi connectivity index (χ2v) is 6.15. The normalized spacial score (nSPS) is 11.3. The molecule has 0 aliphatic rings. The summed E-state index contributed by atoms with van der Waals surface area (Å²) in [6.07, 6.45) is 3.10. The number of aromatic nitrogens is 1. The predicted octanol–water partition coefficient (Wildman–Crippen LogP) is 3.29. The zero-order valence-corrected chi connectivity index (χ0v) is 14.5. The number of nitrogens with zero attached hydrogens (tertiary/aromatic N) is 2. The number of likely N-dealkylation sites (N-methyl/N-ethyl adjacent to an activating group) is 1. The number of amides is 1. The first-order chi connectivity index (χ1) is 9.49. The van der Waals surface area contributed by atoms with Crippen LogP contribution in [0.2, 0.25) is 0 Å². The molecule has 5 heteroatoms. The Morgan fingerprint density at radius 1 is 1.40 bits per heavy atom. The Morgan fingerprint density at radius 2 is 2.10 bits per heavy atom. The maximum atomic E-state index is 12.2. The minimum atomic E-state index is -0.00282. The Labute approximate surface area is 130 Å². The SMILES string of the molecule is CCCN(CC)CCNC(=O)c1cc(Br)cn1C(C)C. The van der Waals surface area contributed by atoms with E-state index in [0.29, 0.717) is 12.2 Å². The van der Waals surface area contributed by atoms with Gasteiger partial charge in [-0.3, -0.25) is 4.79 Å². The monoisotopic (exact) mass is 343 g/mol. The average molecular weight is 344 g/mol. The first kappa shape index (κ1) is 17.2. The van der Waals surface area contributed by atoms with Gasteiger partial charge in [-0.2, -0.15) is 0 Å². The predicted molar refractivity (Wildman–Crippen MR) is 87.3 cm³/mol. The molecule has 114 valence electrons. The van der Waals surface area contributed by atoms with Gasteiger partial charge in [0, 0.05) is 29.8 Å². The summed E-state index contributed by atoms with van der Waals surface area (Å²) in [6.45, 7) is 12.2. The summed E-state index contributed by atoms with van der Waals surface area (Å²) >= 11 is 3.43. The molecule has 0 unspecified atom stereocenters. The maximum Gasteiger partial charge on any atom is 0.268 e. The molecule has 1 amide bonds. The first-order valence-corrected chi connectivity index (χ1v) is 8.16. The van der Waals surface area contributed by atoms with Crippen LogP contribution in [0.4, 0.5) is 0 Å². The van der Waals surface area contributed by atoms with Gasteiger partial charge in [0.2, 0.25) is 0 Å². The van der Waals surface area contributed by atoms with Gasteiger partial charge in [-0.05, 0) is 55.4 Å². The second kappa shape index (κ2) is 8.47. The summed E-state index contributed by atoms with van der Waals surface area (Å²) in [5.74, 6) is -0.00282. The lowest BCUT2D eigenvalue weighted by Crippen LogP contribution is -2.36. The van der Waals surface area contributed by atoms with Crippen LogP contribution in [0.25, 0.3) is 0 Å². The third-order valence-electron chi connectivity index (χ3n) is 3.30. The van der Waals surface area contributed by atoms with Crippen molar-refractivity contribution in [2.75, 3.05) is 26.2 Å². The van der Waals surface area contributed by atoms with Crippen LogP contribution in [0.15, 0.2) is 16.7 Å². The Balaban J connectivity index is 2.55. The highest BCUT2D eigenvalue weighted by atomic mass is 79.9. The van der Waals surface area contributed by atoms with Crippen molar-refractivity contribution in [1.82, 2.24) is 14.8 Å². The summed E-state index contributed by atoms with van der Waals surface area (Å²) in [6, 6.07) is 2.15. The van der Waals surface area contributed by atoms with Gasteiger partial charge in [0.25, 0.3) is 5.91 Å². The molecular formula is C15H26BrN3O. The van der Waals surface area contributed by atoms with E-state index in [0.717, 1.165) is 30.5 Å². The molecule has 0 aliphatic carbocycles. The van der Waals surface area contributed by atoms with Gasteiger partial charge >= 0.3 is 0 Å². The summed E-state index contributed by atoms with van der Waals surface area (Å²) in [7, 11) is 0. The zero-order valence-electron chi connectivity index (χ0n) is 12.9. The Hall–Kier alpha value is -0.810. The van der Waals surface area contributed by atoms with E-state index in [1.807, 2.05) is 16.8 Å². The number of carbonyl (C=O) groups is 1. The third kappa shape index (κ3) is 4.94. The fourth-order valence-corrected chi connectivity index (χ4v) is 2.65. The molecule has 0 aromatic carbocycles. The van der Waals surface area contributed by atoms with E-state index in [4.69, 9.17) is 0 Å². The minimum Gasteiger partial charge on any atom is -0.349 e. The molecule has 0 radical (unpaired) electrons. The minimum absolute atomic E-state index is 0.00282. The summed E-state index contributed by atoms with van der Waals surface area (Å²) in [5.41, 5.74) is 0.713. The highest BCUT2D eigenvalue weighted by Crippen LogP contribution is 2.19. The molecule has 0 saturated heterocycles. The van der Waals surface area contributed by atoms with Crippen LogP contribution in [-0.2, 0) is 0 Å². The molecule has 20 heavy (non-hydrogen) atoms. The highest BCUT2D eigenvalue weighted by Gasteiger charge is 2.14. The van der Waals surface area contributed by atoms with E-state index in [9.17, 15) is 4.79 Å². The van der Waals surface area contributed by atoms with Crippen molar-refractivity contribution in [3.63, 3.8) is 0 Å². The van der Waals surface area contributed by atoms with Gasteiger partial charge in [0.05, 0.1) is 0 Å². The number of rotatable bonds is 8. The number of halogens is 1. The van der Waals surface area contributed by atoms with Crippen molar-refractivity contribution in [3.8, 4) is 0 Å². The van der Waals surface area contributed by atoms with E-state index < -0.39 is 0 Å². The summed E-state index contributed by atoms with van der Waals surface area (Å²) in [4.78, 5) is 14.6. The van der Waals surface area contributed by atoms with Crippen LogP contribution in [-0.4, -0.2) is 41.6 Å². The van der Waals surface area contributed by atoms with Gasteiger partial charge < -0.3 is 14.8 Å². The van der Waals surface area contributed by atoms with Crippen LogP contribution in [0.5, 0.6) is 0 Å². The number of nitrogens with one attached hydrogen (secondary N) is 1. The standard InChI is InChI=1S/C15H26BrN3O/c1-5-8-18(6-2)9-7-17-15(20)14-10-13(16)11-19(14)12(3)4/h10-12H,5-9H2,1-4H3,(H,17,20). The van der Waals surface area contributed by atoms with E-state index in [1.54, 1.807) is 0 Å². The van der Waals surface area contributed by atoms with Crippen molar-refractivity contribution < 1.29 is 4.79 Å². The molecule has 1 aromatic rings. The van der Waals surface area contributed by atoms with Crippen LogP contribution in [0.3, 0.4) is 0 Å². The largest absolute Gasteiger partial charge is 0.349 e. The molecule has 0 atom stereocenters. The molecule has 0 fully saturated rings. The number of hydrogen-bond acceptors (Lipinski definition) is 2. The zero-order chi connectivity index (χ0) is 15.1. The lowest BCUT2D eigenvalue weighted by molar-refractivity contribution is 0.0938. The van der Waals surface area contributed by atoms with Crippen molar-refractivity contribution in [2.24, 2.45) is 0 Å². The molecule has 0 spiro atoms. The van der Waals surface area contributed by atoms with Gasteiger partial charge in [0.1, 0.15) is 5.69 Å². The van der Waals surface area contributed by atoms with Crippen molar-refractivity contribution in [3.05, 3.63) is 22.4 Å². The molecule has 0 aliphatic heterocycles. The van der Waals surface area contributed by atoms with E-state index in [-0.39, 0.29) is 11.9 Å². The van der Waals surface area contributed by atoms with E-state index >= 15 is 0 Å². The Kier molecular flexibility index (Phi) is 7.30. The quantitative estimate of drug-likeness (QED) is 0.786. The fraction of sp³-hybridized carbons (Fsp3) is 0.667. The molecule has 0 bridgehead atoms. The van der Waals surface area contributed by atoms with Crippen LogP contribution >= 0.6 is 15.9 Å². The van der Waals surface area contributed by atoms with Crippen LogP contribution < -0.4 is 5.32 Å². The molecular weight excluding hydrogens is 318 g/mol. The van der Waals surface area contributed by atoms with Gasteiger partial charge in [0.15, 0.2) is 0 Å². The molecule has 0 saturated carbocycles. The van der Waals surface area contributed by atoms with Crippen LogP contribution in [0.1, 0.15) is 50.6 Å². The average Bonchev–Trinajstić information content (AvgIpc) is 2.80. The summed E-state index contributed by atoms with van der Waals surface area (Å²) < 4.78 is 2.93. The molecule has 1 N–H and O–H groups in total. The maximum absolute atomic E-state index is 12.2. The van der Waals surface area contributed by atoms with Crippen molar-refractivity contribution in [1.29, 1.82) is 0 Å². The van der Waals surface area contributed by atoms with Gasteiger partial charge in [-0.25, -0.2) is 0 Å². The number of hydrogen-bond donors (Lipinski definition) is 1. The van der Waals surface area contributed by atoms with Gasteiger partial charge in [-0.15, -0.1) is 0 Å². The molecule has 1 heterocycles. The smallest absolute Gasteiger partial charge is 0.268 e. The van der Waals surface area contributed by atoms with Crippen molar-refractivity contribution in [2.45, 2.75) is 40.2 Å². The van der Waals surface area contributed by atoms with E-state index in [1.165, 1.54) is 0 Å². The third-order valence-corrected chi connectivity index (χ3v) is 3.74. The lowest BCUT2D eigenvalue weighted by atomic mass is 10.3. The second-order valence-electron chi connectivity index (χ2n) is 5.23. The first-order valence-electron chi connectivity index (χ1n) is 7.37. The molecule has 1 aromatic heterocycles. The van der Waals surface area contributed by atoms with Gasteiger partial charge in [-0.1, -0.05) is 13.8 Å². The molecule has 1 rings (SSSR count). The Bertz CT molecular complexity index is 429. The highest BCUT2D eigenvalue weighted by molar-refractivity contribution is 9.10. The van der Waals surface area contributed by atoms with E-state index in [2.05, 4.69) is 53.8 Å². The lowest BCUT2D eigenvalue weighted by Gasteiger charge is -2.19. The topological polar surface area (TPSA) is 37.3 Å².